The summed E-state index contributed by atoms with van der Waals surface area (Å²) in [5.41, 5.74) is 2.69. The van der Waals surface area contributed by atoms with Gasteiger partial charge in [0.1, 0.15) is 5.60 Å². The molecule has 1 aromatic rings. The number of hydrogen-bond donors (Lipinski definition) is 0. The zero-order chi connectivity index (χ0) is 19.1. The lowest BCUT2D eigenvalue weighted by Gasteiger charge is -2.45. The molecule has 2 aliphatic rings. The summed E-state index contributed by atoms with van der Waals surface area (Å²) in [5.74, 6) is 0. The quantitative estimate of drug-likeness (QED) is 0.629. The van der Waals surface area contributed by atoms with Crippen molar-refractivity contribution in [2.24, 2.45) is 0 Å². The lowest BCUT2D eigenvalue weighted by molar-refractivity contribution is 0.00873. The highest BCUT2D eigenvalue weighted by Crippen LogP contribution is 2.45. The van der Waals surface area contributed by atoms with E-state index in [-0.39, 0.29) is 11.5 Å². The van der Waals surface area contributed by atoms with Gasteiger partial charge in [0.25, 0.3) is 0 Å². The molecule has 1 unspecified atom stereocenters. The zero-order valence-corrected chi connectivity index (χ0v) is 18.2. The third kappa shape index (κ3) is 4.25. The molecule has 0 N–H and O–H groups in total. The van der Waals surface area contributed by atoms with Crippen molar-refractivity contribution in [2.45, 2.75) is 64.5 Å². The SMILES string of the molecule is CC(C)(C)OC(=O)N1CCN(C2CCC(C)(C)c3cc(Br)ccc32)CC1. The van der Waals surface area contributed by atoms with Crippen molar-refractivity contribution in [3.05, 3.63) is 33.8 Å². The van der Waals surface area contributed by atoms with Crippen LogP contribution >= 0.6 is 15.9 Å². The van der Waals surface area contributed by atoms with Gasteiger partial charge in [0, 0.05) is 36.7 Å². The van der Waals surface area contributed by atoms with E-state index in [2.05, 4.69) is 52.9 Å². The standard InChI is InChI=1S/C21H31BrN2O2/c1-20(2,3)26-19(25)24-12-10-23(11-13-24)18-8-9-21(4,5)17-14-15(22)6-7-16(17)18/h6-7,14,18H,8-13H2,1-5H3. The topological polar surface area (TPSA) is 32.8 Å². The van der Waals surface area contributed by atoms with Crippen molar-refractivity contribution in [3.8, 4) is 0 Å². The normalized spacial score (nSPS) is 23.5. The minimum atomic E-state index is -0.435. The highest BCUT2D eigenvalue weighted by molar-refractivity contribution is 9.10. The minimum Gasteiger partial charge on any atom is -0.444 e. The van der Waals surface area contributed by atoms with E-state index < -0.39 is 5.60 Å². The third-order valence-corrected chi connectivity index (χ3v) is 6.05. The molecule has 0 aromatic heterocycles. The van der Waals surface area contributed by atoms with Crippen molar-refractivity contribution in [2.75, 3.05) is 26.2 Å². The molecule has 144 valence electrons. The van der Waals surface area contributed by atoms with Gasteiger partial charge in [0.2, 0.25) is 0 Å². The van der Waals surface area contributed by atoms with Crippen LogP contribution < -0.4 is 0 Å². The maximum absolute atomic E-state index is 12.3. The van der Waals surface area contributed by atoms with E-state index in [0.29, 0.717) is 6.04 Å². The number of nitrogens with zero attached hydrogens (tertiary/aromatic N) is 2. The monoisotopic (exact) mass is 422 g/mol. The summed E-state index contributed by atoms with van der Waals surface area (Å²) in [7, 11) is 0. The Kier molecular flexibility index (Phi) is 5.42. The van der Waals surface area contributed by atoms with Gasteiger partial charge in [0.15, 0.2) is 0 Å². The smallest absolute Gasteiger partial charge is 0.410 e. The van der Waals surface area contributed by atoms with E-state index in [0.717, 1.165) is 30.7 Å². The summed E-state index contributed by atoms with van der Waals surface area (Å²) in [4.78, 5) is 16.7. The Morgan fingerprint density at radius 2 is 1.85 bits per heavy atom. The van der Waals surface area contributed by atoms with Crippen molar-refractivity contribution in [1.82, 2.24) is 9.80 Å². The average molecular weight is 423 g/mol. The van der Waals surface area contributed by atoms with E-state index in [1.807, 2.05) is 25.7 Å². The number of amides is 1. The summed E-state index contributed by atoms with van der Waals surface area (Å²) in [6.45, 7) is 13.7. The van der Waals surface area contributed by atoms with Crippen LogP contribution in [0.25, 0.3) is 0 Å². The highest BCUT2D eigenvalue weighted by Gasteiger charge is 2.37. The summed E-state index contributed by atoms with van der Waals surface area (Å²) in [6.07, 6.45) is 2.17. The van der Waals surface area contributed by atoms with E-state index in [4.69, 9.17) is 4.74 Å². The van der Waals surface area contributed by atoms with Crippen LogP contribution in [0.5, 0.6) is 0 Å². The van der Waals surface area contributed by atoms with Crippen LogP contribution in [-0.4, -0.2) is 47.7 Å². The van der Waals surface area contributed by atoms with Crippen LogP contribution in [0.3, 0.4) is 0 Å². The first-order valence-corrected chi connectivity index (χ1v) is 10.4. The molecule has 1 saturated heterocycles. The molecule has 1 fully saturated rings. The lowest BCUT2D eigenvalue weighted by Crippen LogP contribution is -2.51. The molecule has 1 amide bonds. The van der Waals surface area contributed by atoms with Crippen LogP contribution in [0.2, 0.25) is 0 Å². The number of ether oxygens (including phenoxy) is 1. The molecular weight excluding hydrogens is 392 g/mol. The van der Waals surface area contributed by atoms with Gasteiger partial charge in [-0.2, -0.15) is 0 Å². The van der Waals surface area contributed by atoms with Crippen molar-refractivity contribution < 1.29 is 9.53 Å². The molecule has 0 spiro atoms. The second-order valence-electron chi connectivity index (χ2n) is 9.17. The Hall–Kier alpha value is -1.07. The predicted octanol–water partition coefficient (Wildman–Crippen LogP) is 5.11. The van der Waals surface area contributed by atoms with Crippen molar-refractivity contribution in [3.63, 3.8) is 0 Å². The molecule has 5 heteroatoms. The molecule has 1 aliphatic carbocycles. The average Bonchev–Trinajstić information content (AvgIpc) is 2.54. The molecule has 1 heterocycles. The Morgan fingerprint density at radius 1 is 1.19 bits per heavy atom. The maximum atomic E-state index is 12.3. The summed E-state index contributed by atoms with van der Waals surface area (Å²) in [5, 5.41) is 0. The Labute approximate surface area is 166 Å². The van der Waals surface area contributed by atoms with Gasteiger partial charge < -0.3 is 9.64 Å². The first kappa shape index (κ1) is 19.7. The van der Waals surface area contributed by atoms with Gasteiger partial charge in [-0.05, 0) is 62.3 Å². The molecule has 1 atom stereocenters. The van der Waals surface area contributed by atoms with Gasteiger partial charge in [-0.25, -0.2) is 4.79 Å². The molecular formula is C21H31BrN2O2. The fourth-order valence-electron chi connectivity index (χ4n) is 4.11. The molecule has 0 bridgehead atoms. The zero-order valence-electron chi connectivity index (χ0n) is 16.6. The Bertz CT molecular complexity index is 673. The fourth-order valence-corrected chi connectivity index (χ4v) is 4.48. The van der Waals surface area contributed by atoms with Gasteiger partial charge in [0.05, 0.1) is 0 Å². The maximum Gasteiger partial charge on any atom is 0.410 e. The number of carbonyl (C=O) groups excluding carboxylic acids is 1. The largest absolute Gasteiger partial charge is 0.444 e. The van der Waals surface area contributed by atoms with Crippen LogP contribution in [0, 0.1) is 0 Å². The van der Waals surface area contributed by atoms with Crippen LogP contribution in [0.15, 0.2) is 22.7 Å². The molecule has 1 aliphatic heterocycles. The van der Waals surface area contributed by atoms with E-state index >= 15 is 0 Å². The van der Waals surface area contributed by atoms with Crippen molar-refractivity contribution >= 4 is 22.0 Å². The number of rotatable bonds is 1. The number of fused-ring (bicyclic) bond motifs is 1. The Morgan fingerprint density at radius 3 is 2.46 bits per heavy atom. The van der Waals surface area contributed by atoms with Gasteiger partial charge in [-0.3, -0.25) is 4.90 Å². The van der Waals surface area contributed by atoms with Crippen LogP contribution in [-0.2, 0) is 10.2 Å². The fraction of sp³-hybridized carbons (Fsp3) is 0.667. The lowest BCUT2D eigenvalue weighted by atomic mass is 9.70. The molecule has 26 heavy (non-hydrogen) atoms. The molecule has 1 aromatic carbocycles. The number of halogens is 1. The summed E-state index contributed by atoms with van der Waals surface area (Å²) >= 11 is 3.63. The van der Waals surface area contributed by atoms with Gasteiger partial charge >= 0.3 is 6.09 Å². The number of hydrogen-bond acceptors (Lipinski definition) is 3. The Balaban J connectivity index is 1.70. The molecule has 4 nitrogen and oxygen atoms in total. The van der Waals surface area contributed by atoms with Gasteiger partial charge in [-0.1, -0.05) is 35.8 Å². The summed E-state index contributed by atoms with van der Waals surface area (Å²) in [6, 6.07) is 7.18. The number of piperazine rings is 1. The van der Waals surface area contributed by atoms with E-state index in [9.17, 15) is 4.79 Å². The van der Waals surface area contributed by atoms with Gasteiger partial charge in [-0.15, -0.1) is 0 Å². The second kappa shape index (κ2) is 7.16. The van der Waals surface area contributed by atoms with E-state index in [1.54, 1.807) is 0 Å². The van der Waals surface area contributed by atoms with Crippen molar-refractivity contribution in [1.29, 1.82) is 0 Å². The summed E-state index contributed by atoms with van der Waals surface area (Å²) < 4.78 is 6.67. The third-order valence-electron chi connectivity index (χ3n) is 5.55. The minimum absolute atomic E-state index is 0.189. The van der Waals surface area contributed by atoms with Crippen LogP contribution in [0.1, 0.15) is 64.6 Å². The van der Waals surface area contributed by atoms with E-state index in [1.165, 1.54) is 24.0 Å². The predicted molar refractivity (Wildman–Crippen MR) is 109 cm³/mol. The number of benzene rings is 1. The highest BCUT2D eigenvalue weighted by atomic mass is 79.9. The second-order valence-corrected chi connectivity index (χ2v) is 10.1. The molecule has 3 rings (SSSR count). The number of carbonyl (C=O) groups is 1. The molecule has 0 radical (unpaired) electrons. The first-order chi connectivity index (χ1) is 12.1. The molecule has 0 saturated carbocycles. The van der Waals surface area contributed by atoms with Crippen LogP contribution in [0.4, 0.5) is 4.79 Å². The first-order valence-electron chi connectivity index (χ1n) is 9.59.